The van der Waals surface area contributed by atoms with Crippen LogP contribution in [-0.4, -0.2) is 17.4 Å². The van der Waals surface area contributed by atoms with E-state index in [0.29, 0.717) is 5.66 Å². The topological polar surface area (TPSA) is 20.2 Å². The molecule has 0 aromatic rings. The summed E-state index contributed by atoms with van der Waals surface area (Å²) in [5.74, 6) is 0. The van der Waals surface area contributed by atoms with Crippen LogP contribution < -0.4 is 0 Å². The number of aliphatic hydroxyl groups is 1. The van der Waals surface area contributed by atoms with E-state index in [1.807, 2.05) is 0 Å². The van der Waals surface area contributed by atoms with Crippen molar-refractivity contribution >= 4 is 9.24 Å². The summed E-state index contributed by atoms with van der Waals surface area (Å²) in [6.45, 7) is 2.43. The molecule has 0 rings (SSSR count). The van der Waals surface area contributed by atoms with Crippen LogP contribution in [-0.2, 0) is 0 Å². The SMILES string of the molecule is CC(P)C[CH]CCO. The number of hydrogen-bond donors (Lipinski definition) is 1. The molecule has 0 fully saturated rings. The van der Waals surface area contributed by atoms with Gasteiger partial charge in [0.25, 0.3) is 0 Å². The van der Waals surface area contributed by atoms with Crippen LogP contribution >= 0.6 is 9.24 Å². The highest BCUT2D eigenvalue weighted by Crippen LogP contribution is 2.06. The molecule has 0 aromatic heterocycles. The number of unbranched alkanes of at least 4 members (excludes halogenated alkanes) is 1. The highest BCUT2D eigenvalue weighted by atomic mass is 31.0. The van der Waals surface area contributed by atoms with Crippen molar-refractivity contribution in [2.75, 3.05) is 6.61 Å². The molecule has 2 heteroatoms. The Morgan fingerprint density at radius 1 is 1.75 bits per heavy atom. The van der Waals surface area contributed by atoms with Crippen molar-refractivity contribution in [1.82, 2.24) is 0 Å². The predicted octanol–water partition coefficient (Wildman–Crippen LogP) is 1.23. The van der Waals surface area contributed by atoms with E-state index in [-0.39, 0.29) is 6.61 Å². The molecule has 49 valence electrons. The lowest BCUT2D eigenvalue weighted by molar-refractivity contribution is 0.297. The van der Waals surface area contributed by atoms with Gasteiger partial charge in [0, 0.05) is 6.61 Å². The zero-order valence-electron chi connectivity index (χ0n) is 5.30. The fourth-order valence-corrected chi connectivity index (χ4v) is 0.664. The molecule has 8 heavy (non-hydrogen) atoms. The Balaban J connectivity index is 2.72. The Morgan fingerprint density at radius 2 is 2.38 bits per heavy atom. The van der Waals surface area contributed by atoms with Gasteiger partial charge in [0.1, 0.15) is 0 Å². The molecule has 0 spiro atoms. The maximum atomic E-state index is 8.34. The standard InChI is InChI=1S/C6H14OP/c1-6(8)4-2-3-5-7/h2,6-7H,3-5,8H2,1H3. The van der Waals surface area contributed by atoms with Gasteiger partial charge in [-0.2, -0.15) is 0 Å². The molecule has 1 nitrogen and oxygen atoms in total. The second kappa shape index (κ2) is 5.53. The number of rotatable bonds is 4. The molecule has 0 amide bonds. The van der Waals surface area contributed by atoms with Crippen LogP contribution in [0.3, 0.4) is 0 Å². The third-order valence-electron chi connectivity index (χ3n) is 0.872. The van der Waals surface area contributed by atoms with E-state index in [2.05, 4.69) is 22.6 Å². The van der Waals surface area contributed by atoms with Crippen LogP contribution in [0.4, 0.5) is 0 Å². The lowest BCUT2D eigenvalue weighted by Gasteiger charge is -1.99. The van der Waals surface area contributed by atoms with E-state index in [4.69, 9.17) is 5.11 Å². The molecule has 0 saturated carbocycles. The van der Waals surface area contributed by atoms with Crippen LogP contribution in [0.25, 0.3) is 0 Å². The summed E-state index contributed by atoms with van der Waals surface area (Å²) in [6.07, 6.45) is 4.03. The summed E-state index contributed by atoms with van der Waals surface area (Å²) < 4.78 is 0. The molecule has 0 heterocycles. The molecule has 1 radical (unpaired) electrons. The molecule has 0 bridgehead atoms. The normalized spacial score (nSPS) is 13.9. The van der Waals surface area contributed by atoms with Crippen molar-refractivity contribution in [3.05, 3.63) is 6.42 Å². The molecule has 1 N–H and O–H groups in total. The maximum absolute atomic E-state index is 8.34. The van der Waals surface area contributed by atoms with Crippen molar-refractivity contribution in [1.29, 1.82) is 0 Å². The molecule has 0 aliphatic carbocycles. The summed E-state index contributed by atoms with van der Waals surface area (Å²) in [6, 6.07) is 0. The van der Waals surface area contributed by atoms with E-state index < -0.39 is 0 Å². The minimum Gasteiger partial charge on any atom is -0.396 e. The van der Waals surface area contributed by atoms with Crippen molar-refractivity contribution in [3.63, 3.8) is 0 Å². The van der Waals surface area contributed by atoms with E-state index >= 15 is 0 Å². The Labute approximate surface area is 53.7 Å². The third kappa shape index (κ3) is 6.39. The van der Waals surface area contributed by atoms with Gasteiger partial charge < -0.3 is 5.11 Å². The lowest BCUT2D eigenvalue weighted by atomic mass is 10.2. The third-order valence-corrected chi connectivity index (χ3v) is 1.14. The zero-order valence-corrected chi connectivity index (χ0v) is 6.46. The summed E-state index contributed by atoms with van der Waals surface area (Å²) >= 11 is 0. The van der Waals surface area contributed by atoms with Crippen molar-refractivity contribution in [2.24, 2.45) is 0 Å². The second-order valence-corrected chi connectivity index (χ2v) is 3.15. The van der Waals surface area contributed by atoms with Gasteiger partial charge in [-0.3, -0.25) is 0 Å². The van der Waals surface area contributed by atoms with Gasteiger partial charge in [-0.05, 0) is 24.9 Å². The molecule has 0 aliphatic rings. The fourth-order valence-electron chi connectivity index (χ4n) is 0.472. The summed E-state index contributed by atoms with van der Waals surface area (Å²) in [5.41, 5.74) is 0.654. The van der Waals surface area contributed by atoms with Gasteiger partial charge in [0.2, 0.25) is 0 Å². The van der Waals surface area contributed by atoms with Gasteiger partial charge in [-0.1, -0.05) is 6.92 Å². The zero-order chi connectivity index (χ0) is 6.41. The summed E-state index contributed by atoms with van der Waals surface area (Å²) in [5, 5.41) is 8.34. The van der Waals surface area contributed by atoms with E-state index in [9.17, 15) is 0 Å². The Morgan fingerprint density at radius 3 is 2.75 bits per heavy atom. The van der Waals surface area contributed by atoms with Crippen LogP contribution in [0, 0.1) is 6.42 Å². The van der Waals surface area contributed by atoms with E-state index in [0.717, 1.165) is 12.8 Å². The first-order valence-corrected chi connectivity index (χ1v) is 3.62. The Kier molecular flexibility index (Phi) is 5.79. The molecular weight excluding hydrogens is 119 g/mol. The van der Waals surface area contributed by atoms with E-state index in [1.165, 1.54) is 0 Å². The molecule has 2 unspecified atom stereocenters. The van der Waals surface area contributed by atoms with Crippen LogP contribution in [0.15, 0.2) is 0 Å². The smallest absolute Gasteiger partial charge is 0.0433 e. The van der Waals surface area contributed by atoms with Crippen molar-refractivity contribution in [3.8, 4) is 0 Å². The Hall–Kier alpha value is 0.390. The van der Waals surface area contributed by atoms with Crippen LogP contribution in [0.1, 0.15) is 19.8 Å². The average Bonchev–Trinajstić information content (AvgIpc) is 1.66. The first-order valence-electron chi connectivity index (χ1n) is 2.95. The second-order valence-electron chi connectivity index (χ2n) is 2.01. The van der Waals surface area contributed by atoms with Gasteiger partial charge in [0.15, 0.2) is 0 Å². The monoisotopic (exact) mass is 133 g/mol. The van der Waals surface area contributed by atoms with Gasteiger partial charge in [0.05, 0.1) is 0 Å². The fraction of sp³-hybridized carbons (Fsp3) is 0.833. The van der Waals surface area contributed by atoms with Crippen LogP contribution in [0.2, 0.25) is 0 Å². The largest absolute Gasteiger partial charge is 0.396 e. The predicted molar refractivity (Wildman–Crippen MR) is 39.8 cm³/mol. The number of hydrogen-bond acceptors (Lipinski definition) is 1. The average molecular weight is 133 g/mol. The maximum Gasteiger partial charge on any atom is 0.0433 e. The molecule has 2 atom stereocenters. The van der Waals surface area contributed by atoms with Gasteiger partial charge in [-0.25, -0.2) is 0 Å². The first kappa shape index (κ1) is 8.39. The first-order chi connectivity index (χ1) is 3.77. The van der Waals surface area contributed by atoms with Crippen molar-refractivity contribution in [2.45, 2.75) is 25.4 Å². The minimum atomic E-state index is 0.289. The lowest BCUT2D eigenvalue weighted by Crippen LogP contribution is -1.91. The van der Waals surface area contributed by atoms with Crippen molar-refractivity contribution < 1.29 is 5.11 Å². The minimum absolute atomic E-state index is 0.289. The van der Waals surface area contributed by atoms with Gasteiger partial charge >= 0.3 is 0 Å². The quantitative estimate of drug-likeness (QED) is 0.451. The molecule has 0 aromatic carbocycles. The molecular formula is C6H14OP. The number of aliphatic hydroxyl groups excluding tert-OH is 1. The van der Waals surface area contributed by atoms with E-state index in [1.54, 1.807) is 0 Å². The molecule has 0 aliphatic heterocycles. The summed E-state index contributed by atoms with van der Waals surface area (Å²) in [7, 11) is 2.72. The van der Waals surface area contributed by atoms with Gasteiger partial charge in [-0.15, -0.1) is 9.24 Å². The molecule has 0 saturated heterocycles. The highest BCUT2D eigenvalue weighted by Gasteiger charge is 1.91. The highest BCUT2D eigenvalue weighted by molar-refractivity contribution is 7.17. The Bertz CT molecular complexity index is 45.8. The van der Waals surface area contributed by atoms with Crippen LogP contribution in [0.5, 0.6) is 0 Å². The summed E-state index contributed by atoms with van der Waals surface area (Å²) in [4.78, 5) is 0.